The Labute approximate surface area is 178 Å². The molecule has 19 heteroatoms. The number of alkyl halides is 17. The summed E-state index contributed by atoms with van der Waals surface area (Å²) in [7, 11) is 0. The van der Waals surface area contributed by atoms with Gasteiger partial charge >= 0.3 is 53.6 Å². The van der Waals surface area contributed by atoms with Gasteiger partial charge in [-0.05, 0) is 20.3 Å². The zero-order valence-corrected chi connectivity index (χ0v) is 16.7. The van der Waals surface area contributed by atoms with Crippen LogP contribution in [0.4, 0.5) is 74.6 Å². The van der Waals surface area contributed by atoms with Gasteiger partial charge in [-0.1, -0.05) is 6.92 Å². The summed E-state index contributed by atoms with van der Waals surface area (Å²) >= 11 is 0. The van der Waals surface area contributed by atoms with Gasteiger partial charge in [-0.2, -0.15) is 74.6 Å². The SMILES string of the molecule is CCC(C)(C)C(=O)OCC(F)(F)C(F)(F)C(F)(F)C(F)(F)C(F)(F)C(F)(F)C(F)(F)C(F)(F)F. The molecule has 2 nitrogen and oxygen atoms in total. The van der Waals surface area contributed by atoms with E-state index < -0.39 is 65.6 Å². The Hall–Kier alpha value is -1.72. The lowest BCUT2D eigenvalue weighted by atomic mass is 9.89. The number of halogens is 17. The third kappa shape index (κ3) is 4.46. The minimum atomic E-state index is -8.69. The van der Waals surface area contributed by atoms with Crippen molar-refractivity contribution in [2.24, 2.45) is 5.41 Å². The van der Waals surface area contributed by atoms with Crippen LogP contribution in [0.15, 0.2) is 0 Å². The summed E-state index contributed by atoms with van der Waals surface area (Å²) in [6.07, 6.45) is -8.07. The first-order chi connectivity index (χ1) is 14.4. The molecule has 0 aliphatic heterocycles. The molecule has 0 spiro atoms. The van der Waals surface area contributed by atoms with Crippen molar-refractivity contribution in [3.63, 3.8) is 0 Å². The van der Waals surface area contributed by atoms with Crippen molar-refractivity contribution in [1.29, 1.82) is 0 Å². The Morgan fingerprint density at radius 1 is 0.559 bits per heavy atom. The van der Waals surface area contributed by atoms with Crippen molar-refractivity contribution in [3.05, 3.63) is 0 Å². The van der Waals surface area contributed by atoms with E-state index in [1.165, 1.54) is 6.92 Å². The molecule has 0 bridgehead atoms. The average Bonchev–Trinajstić information content (AvgIpc) is 2.63. The fraction of sp³-hybridized carbons (Fsp3) is 0.933. The summed E-state index contributed by atoms with van der Waals surface area (Å²) in [5.41, 5.74) is -1.77. The van der Waals surface area contributed by atoms with Crippen LogP contribution in [0, 0.1) is 5.41 Å². The number of hydrogen-bond donors (Lipinski definition) is 0. The van der Waals surface area contributed by atoms with Gasteiger partial charge in [0.05, 0.1) is 5.41 Å². The summed E-state index contributed by atoms with van der Waals surface area (Å²) in [5.74, 6) is -59.0. The zero-order chi connectivity index (χ0) is 28.2. The fourth-order valence-corrected chi connectivity index (χ4v) is 1.78. The van der Waals surface area contributed by atoms with Gasteiger partial charge in [0.1, 0.15) is 0 Å². The molecule has 0 unspecified atom stereocenters. The van der Waals surface area contributed by atoms with Crippen LogP contribution in [-0.2, 0) is 9.53 Å². The Morgan fingerprint density at radius 2 is 0.853 bits per heavy atom. The molecule has 0 saturated carbocycles. The second kappa shape index (κ2) is 8.44. The molecule has 0 aromatic heterocycles. The molecule has 34 heavy (non-hydrogen) atoms. The quantitative estimate of drug-likeness (QED) is 0.218. The summed E-state index contributed by atoms with van der Waals surface area (Å²) < 4.78 is 226. The van der Waals surface area contributed by atoms with Gasteiger partial charge < -0.3 is 4.74 Å². The fourth-order valence-electron chi connectivity index (χ4n) is 1.78. The number of carbonyl (C=O) groups is 1. The van der Waals surface area contributed by atoms with Crippen LogP contribution in [0.1, 0.15) is 27.2 Å². The Kier molecular flexibility index (Phi) is 8.02. The number of hydrogen-bond acceptors (Lipinski definition) is 2. The number of rotatable bonds is 10. The largest absolute Gasteiger partial charge is 0.460 e. The number of carbonyl (C=O) groups excluding carboxylic acids is 1. The monoisotopic (exact) mass is 548 g/mol. The van der Waals surface area contributed by atoms with Gasteiger partial charge in [-0.3, -0.25) is 4.79 Å². The average molecular weight is 548 g/mol. The molecule has 0 amide bonds. The second-order valence-corrected chi connectivity index (χ2v) is 7.46. The summed E-state index contributed by atoms with van der Waals surface area (Å²) in [6.45, 7) is -0.175. The van der Waals surface area contributed by atoms with E-state index in [-0.39, 0.29) is 6.42 Å². The van der Waals surface area contributed by atoms with Crippen LogP contribution in [0.5, 0.6) is 0 Å². The summed E-state index contributed by atoms with van der Waals surface area (Å²) in [4.78, 5) is 11.5. The molecule has 0 N–H and O–H groups in total. The molecule has 0 atom stereocenters. The molecular weight excluding hydrogens is 535 g/mol. The van der Waals surface area contributed by atoms with E-state index >= 15 is 0 Å². The van der Waals surface area contributed by atoms with Crippen molar-refractivity contribution in [2.75, 3.05) is 6.61 Å². The van der Waals surface area contributed by atoms with Crippen LogP contribution >= 0.6 is 0 Å². The predicted octanol–water partition coefficient (Wildman–Crippen LogP) is 6.98. The first kappa shape index (κ1) is 32.3. The summed E-state index contributed by atoms with van der Waals surface area (Å²) in [5, 5.41) is 0. The third-order valence-electron chi connectivity index (χ3n) is 4.61. The molecule has 0 fully saturated rings. The lowest BCUT2D eigenvalue weighted by Gasteiger charge is -2.42. The maximum atomic E-state index is 13.6. The van der Waals surface area contributed by atoms with E-state index in [1.807, 2.05) is 0 Å². The maximum absolute atomic E-state index is 13.6. The second-order valence-electron chi connectivity index (χ2n) is 7.46. The Bertz CT molecular complexity index is 751. The predicted molar refractivity (Wildman–Crippen MR) is 75.7 cm³/mol. The van der Waals surface area contributed by atoms with Crippen molar-refractivity contribution in [2.45, 2.75) is 74.8 Å². The third-order valence-corrected chi connectivity index (χ3v) is 4.61. The van der Waals surface area contributed by atoms with E-state index in [2.05, 4.69) is 4.74 Å². The highest BCUT2D eigenvalue weighted by Crippen LogP contribution is 2.63. The minimum Gasteiger partial charge on any atom is -0.459 e. The van der Waals surface area contributed by atoms with Gasteiger partial charge in [-0.25, -0.2) is 0 Å². The van der Waals surface area contributed by atoms with Crippen LogP contribution in [-0.4, -0.2) is 60.2 Å². The molecule has 204 valence electrons. The zero-order valence-electron chi connectivity index (χ0n) is 16.7. The van der Waals surface area contributed by atoms with Gasteiger partial charge in [0, 0.05) is 0 Å². The topological polar surface area (TPSA) is 26.3 Å². The normalized spacial score (nSPS) is 16.0. The first-order valence-electron chi connectivity index (χ1n) is 8.32. The molecule has 0 aliphatic rings. The van der Waals surface area contributed by atoms with E-state index in [9.17, 15) is 79.4 Å². The molecule has 0 rings (SSSR count). The summed E-state index contributed by atoms with van der Waals surface area (Å²) in [6, 6.07) is 0. The van der Waals surface area contributed by atoms with Crippen LogP contribution in [0.25, 0.3) is 0 Å². The molecule has 0 aromatic carbocycles. The van der Waals surface area contributed by atoms with Gasteiger partial charge in [0.15, 0.2) is 6.61 Å². The van der Waals surface area contributed by atoms with Gasteiger partial charge in [-0.15, -0.1) is 0 Å². The Balaban J connectivity index is 6.48. The van der Waals surface area contributed by atoms with E-state index in [1.54, 1.807) is 0 Å². The van der Waals surface area contributed by atoms with Crippen molar-refractivity contribution in [3.8, 4) is 0 Å². The molecule has 0 aromatic rings. The highest BCUT2D eigenvalue weighted by molar-refractivity contribution is 5.75. The molecule has 0 heterocycles. The van der Waals surface area contributed by atoms with Gasteiger partial charge in [0.25, 0.3) is 0 Å². The van der Waals surface area contributed by atoms with Crippen LogP contribution in [0.2, 0.25) is 0 Å². The lowest BCUT2D eigenvalue weighted by molar-refractivity contribution is -0.462. The van der Waals surface area contributed by atoms with E-state index in [4.69, 9.17) is 0 Å². The van der Waals surface area contributed by atoms with E-state index in [0.29, 0.717) is 0 Å². The minimum absolute atomic E-state index is 0.267. The molecular formula is C15H13F17O2. The van der Waals surface area contributed by atoms with Crippen molar-refractivity contribution >= 4 is 5.97 Å². The number of esters is 1. The van der Waals surface area contributed by atoms with Crippen molar-refractivity contribution < 1.29 is 84.2 Å². The maximum Gasteiger partial charge on any atom is 0.460 e. The lowest BCUT2D eigenvalue weighted by Crippen LogP contribution is -2.74. The highest BCUT2D eigenvalue weighted by atomic mass is 19.4. The molecule has 0 radical (unpaired) electrons. The number of ether oxygens (including phenoxy) is 1. The van der Waals surface area contributed by atoms with Gasteiger partial charge in [0.2, 0.25) is 0 Å². The highest BCUT2D eigenvalue weighted by Gasteiger charge is 2.95. The van der Waals surface area contributed by atoms with Crippen LogP contribution in [0.3, 0.4) is 0 Å². The standard InChI is InChI=1S/C15H13F17O2/c1-4-7(2,3)6(33)34-5-8(16,17)9(18,19)10(20,21)11(22,23)12(24,25)13(26,27)14(28,29)15(30,31)32/h4-5H2,1-3H3. The molecule has 0 saturated heterocycles. The van der Waals surface area contributed by atoms with Crippen LogP contribution < -0.4 is 0 Å². The van der Waals surface area contributed by atoms with E-state index in [0.717, 1.165) is 13.8 Å². The Morgan fingerprint density at radius 3 is 1.15 bits per heavy atom. The first-order valence-corrected chi connectivity index (χ1v) is 8.32. The smallest absolute Gasteiger partial charge is 0.459 e. The molecule has 0 aliphatic carbocycles. The van der Waals surface area contributed by atoms with Crippen molar-refractivity contribution in [1.82, 2.24) is 0 Å².